The van der Waals surface area contributed by atoms with E-state index in [0.717, 1.165) is 6.42 Å². The molecule has 0 aromatic heterocycles. The van der Waals surface area contributed by atoms with Gasteiger partial charge in [0.2, 0.25) is 0 Å². The van der Waals surface area contributed by atoms with Gasteiger partial charge in [-0.05, 0) is 19.3 Å². The van der Waals surface area contributed by atoms with Crippen LogP contribution in [0.25, 0.3) is 0 Å². The summed E-state index contributed by atoms with van der Waals surface area (Å²) in [7, 11) is -2.99. The lowest BCUT2D eigenvalue weighted by Gasteiger charge is -2.35. The fourth-order valence-electron chi connectivity index (χ4n) is 0.896. The van der Waals surface area contributed by atoms with Gasteiger partial charge < -0.3 is 5.73 Å². The quantitative estimate of drug-likeness (QED) is 0.565. The van der Waals surface area contributed by atoms with Gasteiger partial charge in [0.1, 0.15) is 4.87 Å². The van der Waals surface area contributed by atoms with Gasteiger partial charge >= 0.3 is 0 Å². The van der Waals surface area contributed by atoms with Gasteiger partial charge in [-0.3, -0.25) is 0 Å². The summed E-state index contributed by atoms with van der Waals surface area (Å²) < 4.78 is 21.6. The van der Waals surface area contributed by atoms with Crippen molar-refractivity contribution in [2.24, 2.45) is 5.73 Å². The predicted molar refractivity (Wildman–Crippen MR) is 35.6 cm³/mol. The maximum atomic E-state index is 10.8. The van der Waals surface area contributed by atoms with Crippen molar-refractivity contribution in [2.75, 3.05) is 6.26 Å². The van der Waals surface area contributed by atoms with Gasteiger partial charge in [0.05, 0.1) is 0 Å². The lowest BCUT2D eigenvalue weighted by Crippen LogP contribution is -2.52. The molecule has 1 saturated carbocycles. The van der Waals surface area contributed by atoms with E-state index in [1.807, 2.05) is 0 Å². The molecule has 0 spiro atoms. The molecule has 0 atom stereocenters. The molecule has 3 nitrogen and oxygen atoms in total. The molecule has 4 heteroatoms. The molecule has 0 heterocycles. The fourth-order valence-corrected chi connectivity index (χ4v) is 1.93. The molecule has 0 amide bonds. The molecule has 0 unspecified atom stereocenters. The van der Waals surface area contributed by atoms with Crippen molar-refractivity contribution in [1.29, 1.82) is 0 Å². The third kappa shape index (κ3) is 0.966. The standard InChI is InChI=1S/C5H11NO2S/c1-9(7,8)5(6)3-2-4-5/h2-4,6H2,1H3. The molecule has 0 saturated heterocycles. The monoisotopic (exact) mass is 149 g/mol. The predicted octanol–water partition coefficient (Wildman–Crippen LogP) is -0.130. The number of rotatable bonds is 1. The highest BCUT2D eigenvalue weighted by Gasteiger charge is 2.42. The van der Waals surface area contributed by atoms with Crippen molar-refractivity contribution in [3.05, 3.63) is 0 Å². The normalized spacial score (nSPS) is 25.1. The van der Waals surface area contributed by atoms with Crippen LogP contribution >= 0.6 is 0 Å². The van der Waals surface area contributed by atoms with Gasteiger partial charge in [0.15, 0.2) is 9.84 Å². The largest absolute Gasteiger partial charge is 0.313 e. The summed E-state index contributed by atoms with van der Waals surface area (Å²) in [6.45, 7) is 0. The average molecular weight is 149 g/mol. The molecule has 0 radical (unpaired) electrons. The van der Waals surface area contributed by atoms with Gasteiger partial charge in [-0.1, -0.05) is 0 Å². The van der Waals surface area contributed by atoms with Crippen LogP contribution in [0.15, 0.2) is 0 Å². The Labute approximate surface area is 55.2 Å². The Kier molecular flexibility index (Phi) is 1.33. The second kappa shape index (κ2) is 1.70. The molecule has 1 aliphatic rings. The lowest BCUT2D eigenvalue weighted by molar-refractivity contribution is 0.348. The van der Waals surface area contributed by atoms with E-state index in [-0.39, 0.29) is 0 Å². The summed E-state index contributed by atoms with van der Waals surface area (Å²) in [6, 6.07) is 0. The summed E-state index contributed by atoms with van der Waals surface area (Å²) >= 11 is 0. The van der Waals surface area contributed by atoms with Crippen LogP contribution in [0.1, 0.15) is 19.3 Å². The summed E-state index contributed by atoms with van der Waals surface area (Å²) in [5.41, 5.74) is 5.49. The van der Waals surface area contributed by atoms with Gasteiger partial charge in [-0.25, -0.2) is 8.42 Å². The van der Waals surface area contributed by atoms with E-state index < -0.39 is 14.7 Å². The third-order valence-electron chi connectivity index (χ3n) is 1.94. The molecule has 1 aliphatic carbocycles. The van der Waals surface area contributed by atoms with Gasteiger partial charge in [-0.2, -0.15) is 0 Å². The minimum Gasteiger partial charge on any atom is -0.313 e. The SMILES string of the molecule is CS(=O)(=O)C1(N)CCC1. The highest BCUT2D eigenvalue weighted by Crippen LogP contribution is 2.33. The third-order valence-corrected chi connectivity index (χ3v) is 3.82. The van der Waals surface area contributed by atoms with Crippen molar-refractivity contribution < 1.29 is 8.42 Å². The van der Waals surface area contributed by atoms with E-state index in [1.165, 1.54) is 6.26 Å². The first-order valence-corrected chi connectivity index (χ1v) is 4.83. The van der Waals surface area contributed by atoms with Crippen LogP contribution in [0.4, 0.5) is 0 Å². The summed E-state index contributed by atoms with van der Waals surface area (Å²) in [5.74, 6) is 0. The van der Waals surface area contributed by atoms with Gasteiger partial charge in [-0.15, -0.1) is 0 Å². The molecule has 0 aliphatic heterocycles. The van der Waals surface area contributed by atoms with E-state index in [1.54, 1.807) is 0 Å². The van der Waals surface area contributed by atoms with Crippen molar-refractivity contribution >= 4 is 9.84 Å². The number of hydrogen-bond acceptors (Lipinski definition) is 3. The molecule has 1 rings (SSSR count). The van der Waals surface area contributed by atoms with Crippen LogP contribution < -0.4 is 5.73 Å². The first kappa shape index (κ1) is 7.02. The Bertz CT molecular complexity index is 203. The van der Waals surface area contributed by atoms with Gasteiger partial charge in [0.25, 0.3) is 0 Å². The molecule has 1 fully saturated rings. The zero-order valence-corrected chi connectivity index (χ0v) is 6.24. The minimum atomic E-state index is -2.99. The summed E-state index contributed by atoms with van der Waals surface area (Å²) in [4.78, 5) is -0.868. The maximum Gasteiger partial charge on any atom is 0.165 e. The molecular formula is C5H11NO2S. The molecule has 54 valence electrons. The Morgan fingerprint density at radius 3 is 1.89 bits per heavy atom. The average Bonchev–Trinajstić information content (AvgIpc) is 1.57. The minimum absolute atomic E-state index is 0.631. The van der Waals surface area contributed by atoms with Crippen LogP contribution in [-0.2, 0) is 9.84 Å². The van der Waals surface area contributed by atoms with Crippen LogP contribution in [0.3, 0.4) is 0 Å². The van der Waals surface area contributed by atoms with Crippen LogP contribution in [0, 0.1) is 0 Å². The second-order valence-electron chi connectivity index (χ2n) is 2.69. The van der Waals surface area contributed by atoms with Crippen molar-refractivity contribution in [2.45, 2.75) is 24.1 Å². The van der Waals surface area contributed by atoms with E-state index in [9.17, 15) is 8.42 Å². The van der Waals surface area contributed by atoms with E-state index in [0.29, 0.717) is 12.8 Å². The fraction of sp³-hybridized carbons (Fsp3) is 1.00. The van der Waals surface area contributed by atoms with Crippen molar-refractivity contribution in [3.63, 3.8) is 0 Å². The first-order chi connectivity index (χ1) is 3.96. The maximum absolute atomic E-state index is 10.8. The highest BCUT2D eigenvalue weighted by molar-refractivity contribution is 7.92. The zero-order valence-electron chi connectivity index (χ0n) is 5.42. The van der Waals surface area contributed by atoms with E-state index >= 15 is 0 Å². The van der Waals surface area contributed by atoms with Crippen LogP contribution in [0.2, 0.25) is 0 Å². The van der Waals surface area contributed by atoms with E-state index in [4.69, 9.17) is 5.73 Å². The molecule has 9 heavy (non-hydrogen) atoms. The lowest BCUT2D eigenvalue weighted by atomic mass is 9.93. The van der Waals surface area contributed by atoms with Gasteiger partial charge in [0, 0.05) is 6.26 Å². The van der Waals surface area contributed by atoms with Crippen LogP contribution in [0.5, 0.6) is 0 Å². The Hall–Kier alpha value is -0.0900. The molecule has 0 aromatic rings. The Morgan fingerprint density at radius 1 is 1.44 bits per heavy atom. The van der Waals surface area contributed by atoms with Crippen LogP contribution in [-0.4, -0.2) is 19.5 Å². The Morgan fingerprint density at radius 2 is 1.89 bits per heavy atom. The number of hydrogen-bond donors (Lipinski definition) is 1. The Balaban J connectivity index is 2.84. The summed E-state index contributed by atoms with van der Waals surface area (Å²) in [6.07, 6.45) is 3.41. The summed E-state index contributed by atoms with van der Waals surface area (Å²) in [5, 5.41) is 0. The van der Waals surface area contributed by atoms with E-state index in [2.05, 4.69) is 0 Å². The smallest absolute Gasteiger partial charge is 0.165 e. The second-order valence-corrected chi connectivity index (χ2v) is 5.05. The van der Waals surface area contributed by atoms with Crippen molar-refractivity contribution in [1.82, 2.24) is 0 Å². The molecule has 2 N–H and O–H groups in total. The zero-order chi connectivity index (χ0) is 7.12. The first-order valence-electron chi connectivity index (χ1n) is 2.94. The van der Waals surface area contributed by atoms with Crippen molar-refractivity contribution in [3.8, 4) is 0 Å². The topological polar surface area (TPSA) is 60.2 Å². The molecule has 0 bridgehead atoms. The molecule has 0 aromatic carbocycles. The highest BCUT2D eigenvalue weighted by atomic mass is 32.2. The number of nitrogens with two attached hydrogens (primary N) is 1. The number of sulfone groups is 1. The molecular weight excluding hydrogens is 138 g/mol.